The van der Waals surface area contributed by atoms with E-state index in [2.05, 4.69) is 19.9 Å². The van der Waals surface area contributed by atoms with E-state index >= 15 is 0 Å². The second kappa shape index (κ2) is 4.62. The Morgan fingerprint density at radius 1 is 1.17 bits per heavy atom. The van der Waals surface area contributed by atoms with E-state index in [1.165, 1.54) is 6.33 Å². The van der Waals surface area contributed by atoms with E-state index in [1.807, 2.05) is 30.3 Å². The molecule has 90 valence electrons. The Labute approximate surface area is 108 Å². The Morgan fingerprint density at radius 3 is 2.83 bits per heavy atom. The molecule has 0 radical (unpaired) electrons. The topological polar surface area (TPSA) is 63.7 Å². The van der Waals surface area contributed by atoms with Gasteiger partial charge in [-0.25, -0.2) is 4.98 Å². The minimum absolute atomic E-state index is 0.123. The van der Waals surface area contributed by atoms with Crippen LogP contribution < -0.4 is 4.74 Å². The van der Waals surface area contributed by atoms with E-state index in [1.54, 1.807) is 0 Å². The fraction of sp³-hybridized carbons (Fsp3) is 0.0833. The maximum atomic E-state index is 5.81. The van der Waals surface area contributed by atoms with Crippen LogP contribution in [-0.2, 0) is 6.61 Å². The van der Waals surface area contributed by atoms with Crippen LogP contribution in [0, 0.1) is 0 Å². The molecule has 0 saturated carbocycles. The van der Waals surface area contributed by atoms with Crippen LogP contribution in [0.2, 0.25) is 5.28 Å². The molecule has 0 amide bonds. The number of halogens is 1. The highest BCUT2D eigenvalue weighted by Crippen LogP contribution is 2.21. The van der Waals surface area contributed by atoms with Crippen molar-refractivity contribution in [1.82, 2.24) is 19.9 Å². The van der Waals surface area contributed by atoms with Crippen LogP contribution in [-0.4, -0.2) is 19.9 Å². The number of H-pyrrole nitrogens is 1. The molecule has 0 unspecified atom stereocenters. The molecule has 18 heavy (non-hydrogen) atoms. The summed E-state index contributed by atoms with van der Waals surface area (Å²) in [6, 6.07) is 9.83. The molecular formula is C12H9ClN4O. The van der Waals surface area contributed by atoms with Gasteiger partial charge in [-0.1, -0.05) is 30.3 Å². The maximum absolute atomic E-state index is 5.81. The van der Waals surface area contributed by atoms with E-state index in [4.69, 9.17) is 16.3 Å². The molecule has 2 aromatic heterocycles. The fourth-order valence-electron chi connectivity index (χ4n) is 1.61. The first-order valence-corrected chi connectivity index (χ1v) is 5.74. The van der Waals surface area contributed by atoms with Gasteiger partial charge in [-0.2, -0.15) is 9.97 Å². The standard InChI is InChI=1S/C12H9ClN4O/c13-12-16-10-9(14-7-15-10)11(17-12)18-6-8-4-2-1-3-5-8/h1-5,7H,6H2,(H,14,15,16,17). The van der Waals surface area contributed by atoms with Crippen molar-refractivity contribution in [2.24, 2.45) is 0 Å². The van der Waals surface area contributed by atoms with Crippen molar-refractivity contribution in [2.75, 3.05) is 0 Å². The van der Waals surface area contributed by atoms with Gasteiger partial charge in [0.05, 0.1) is 6.33 Å². The van der Waals surface area contributed by atoms with E-state index in [0.29, 0.717) is 23.7 Å². The van der Waals surface area contributed by atoms with Crippen molar-refractivity contribution < 1.29 is 4.74 Å². The fourth-order valence-corrected chi connectivity index (χ4v) is 1.77. The second-order valence-corrected chi connectivity index (χ2v) is 4.01. The van der Waals surface area contributed by atoms with Crippen molar-refractivity contribution in [2.45, 2.75) is 6.61 Å². The van der Waals surface area contributed by atoms with Crippen molar-refractivity contribution >= 4 is 22.8 Å². The number of rotatable bonds is 3. The quantitative estimate of drug-likeness (QED) is 0.735. The highest BCUT2D eigenvalue weighted by Gasteiger charge is 2.09. The first-order valence-electron chi connectivity index (χ1n) is 5.36. The zero-order valence-corrected chi connectivity index (χ0v) is 10.1. The molecule has 6 heteroatoms. The normalized spacial score (nSPS) is 10.7. The molecule has 3 aromatic rings. The Balaban J connectivity index is 1.88. The highest BCUT2D eigenvalue weighted by molar-refractivity contribution is 6.28. The van der Waals surface area contributed by atoms with E-state index in [0.717, 1.165) is 5.56 Å². The molecule has 0 aliphatic heterocycles. The molecule has 0 fully saturated rings. The molecule has 2 heterocycles. The molecule has 0 atom stereocenters. The minimum Gasteiger partial charge on any atom is -0.471 e. The molecule has 1 aromatic carbocycles. The molecule has 0 aliphatic rings. The average molecular weight is 261 g/mol. The predicted octanol–water partition coefficient (Wildman–Crippen LogP) is 2.59. The number of aromatic amines is 1. The smallest absolute Gasteiger partial charge is 0.244 e. The van der Waals surface area contributed by atoms with Gasteiger partial charge in [0.15, 0.2) is 5.65 Å². The summed E-state index contributed by atoms with van der Waals surface area (Å²) >= 11 is 5.81. The average Bonchev–Trinajstić information content (AvgIpc) is 2.85. The molecule has 0 bridgehead atoms. The third kappa shape index (κ3) is 2.12. The van der Waals surface area contributed by atoms with Crippen LogP contribution in [0.15, 0.2) is 36.7 Å². The molecule has 0 aliphatic carbocycles. The third-order valence-corrected chi connectivity index (χ3v) is 2.61. The number of aromatic nitrogens is 4. The van der Waals surface area contributed by atoms with Crippen LogP contribution in [0.1, 0.15) is 5.56 Å². The van der Waals surface area contributed by atoms with Crippen molar-refractivity contribution in [3.63, 3.8) is 0 Å². The molecule has 1 N–H and O–H groups in total. The number of hydrogen-bond donors (Lipinski definition) is 1. The lowest BCUT2D eigenvalue weighted by molar-refractivity contribution is 0.297. The van der Waals surface area contributed by atoms with Gasteiger partial charge in [-0.3, -0.25) is 0 Å². The number of hydrogen-bond acceptors (Lipinski definition) is 4. The monoisotopic (exact) mass is 260 g/mol. The van der Waals surface area contributed by atoms with Gasteiger partial charge in [0.2, 0.25) is 11.2 Å². The van der Waals surface area contributed by atoms with Crippen molar-refractivity contribution in [1.29, 1.82) is 0 Å². The predicted molar refractivity (Wildman–Crippen MR) is 67.5 cm³/mol. The summed E-state index contributed by atoms with van der Waals surface area (Å²) in [7, 11) is 0. The lowest BCUT2D eigenvalue weighted by Crippen LogP contribution is -1.99. The summed E-state index contributed by atoms with van der Waals surface area (Å²) in [5.74, 6) is 0.409. The largest absolute Gasteiger partial charge is 0.471 e. The Hall–Kier alpha value is -2.14. The number of fused-ring (bicyclic) bond motifs is 1. The number of imidazole rings is 1. The van der Waals surface area contributed by atoms with Gasteiger partial charge in [0.25, 0.3) is 0 Å². The van der Waals surface area contributed by atoms with Crippen molar-refractivity contribution in [3.8, 4) is 5.88 Å². The summed E-state index contributed by atoms with van der Waals surface area (Å²) in [5.41, 5.74) is 2.20. The van der Waals surface area contributed by atoms with Gasteiger partial charge in [-0.15, -0.1) is 0 Å². The summed E-state index contributed by atoms with van der Waals surface area (Å²) in [6.45, 7) is 0.419. The molecule has 0 saturated heterocycles. The number of nitrogens with one attached hydrogen (secondary N) is 1. The second-order valence-electron chi connectivity index (χ2n) is 3.67. The SMILES string of the molecule is Clc1nc(OCc2ccccc2)c2[nH]cnc2n1. The summed E-state index contributed by atoms with van der Waals surface area (Å²) in [6.07, 6.45) is 1.53. The maximum Gasteiger partial charge on any atom is 0.244 e. The Kier molecular flexibility index (Phi) is 2.82. The number of ether oxygens (including phenoxy) is 1. The van der Waals surface area contributed by atoms with Gasteiger partial charge < -0.3 is 9.72 Å². The highest BCUT2D eigenvalue weighted by atomic mass is 35.5. The lowest BCUT2D eigenvalue weighted by Gasteiger charge is -2.05. The van der Waals surface area contributed by atoms with Gasteiger partial charge in [-0.05, 0) is 17.2 Å². The van der Waals surface area contributed by atoms with E-state index in [-0.39, 0.29) is 5.28 Å². The lowest BCUT2D eigenvalue weighted by atomic mass is 10.2. The van der Waals surface area contributed by atoms with Crippen molar-refractivity contribution in [3.05, 3.63) is 47.5 Å². The van der Waals surface area contributed by atoms with Crippen LogP contribution in [0.3, 0.4) is 0 Å². The first-order chi connectivity index (χ1) is 8.83. The first kappa shape index (κ1) is 11.0. The Bertz CT molecular complexity index is 668. The number of benzene rings is 1. The van der Waals surface area contributed by atoms with Crippen LogP contribution >= 0.6 is 11.6 Å². The van der Waals surface area contributed by atoms with Crippen LogP contribution in [0.5, 0.6) is 5.88 Å². The molecule has 0 spiro atoms. The summed E-state index contributed by atoms with van der Waals surface area (Å²) < 4.78 is 5.64. The van der Waals surface area contributed by atoms with Crippen LogP contribution in [0.25, 0.3) is 11.2 Å². The molecular weight excluding hydrogens is 252 g/mol. The third-order valence-electron chi connectivity index (χ3n) is 2.44. The molecule has 5 nitrogen and oxygen atoms in total. The van der Waals surface area contributed by atoms with Gasteiger partial charge in [0.1, 0.15) is 12.1 Å². The zero-order valence-electron chi connectivity index (χ0n) is 9.30. The molecule has 3 rings (SSSR count). The van der Waals surface area contributed by atoms with E-state index in [9.17, 15) is 0 Å². The summed E-state index contributed by atoms with van der Waals surface area (Å²) in [5, 5.41) is 0.123. The van der Waals surface area contributed by atoms with E-state index < -0.39 is 0 Å². The van der Waals surface area contributed by atoms with Gasteiger partial charge in [0, 0.05) is 0 Å². The summed E-state index contributed by atoms with van der Waals surface area (Å²) in [4.78, 5) is 15.0. The zero-order chi connectivity index (χ0) is 12.4. The van der Waals surface area contributed by atoms with Gasteiger partial charge >= 0.3 is 0 Å². The van der Waals surface area contributed by atoms with Crippen LogP contribution in [0.4, 0.5) is 0 Å². The minimum atomic E-state index is 0.123. The number of nitrogens with zero attached hydrogens (tertiary/aromatic N) is 3. The Morgan fingerprint density at radius 2 is 2.00 bits per heavy atom.